The molecule has 1 saturated heterocycles. The summed E-state index contributed by atoms with van der Waals surface area (Å²) in [6.45, 7) is 5.28. The van der Waals surface area contributed by atoms with Gasteiger partial charge in [0.2, 0.25) is 0 Å². The van der Waals surface area contributed by atoms with Gasteiger partial charge in [-0.05, 0) is 30.5 Å². The maximum Gasteiger partial charge on any atom is 0.0602 e. The van der Waals surface area contributed by atoms with Gasteiger partial charge >= 0.3 is 0 Å². The van der Waals surface area contributed by atoms with Gasteiger partial charge in [-0.25, -0.2) is 0 Å². The number of anilines is 2. The Morgan fingerprint density at radius 2 is 1.85 bits per heavy atom. The number of piperazine rings is 1. The summed E-state index contributed by atoms with van der Waals surface area (Å²) < 4.78 is 0. The summed E-state index contributed by atoms with van der Waals surface area (Å²) in [7, 11) is 1.98. The predicted molar refractivity (Wildman–Crippen MR) is 85.1 cm³/mol. The van der Waals surface area contributed by atoms with Gasteiger partial charge in [-0.1, -0.05) is 12.1 Å². The molecule has 2 fully saturated rings. The molecule has 108 valence electrons. The Balaban J connectivity index is 1.59. The first-order valence-corrected chi connectivity index (χ1v) is 7.48. The van der Waals surface area contributed by atoms with Gasteiger partial charge in [0.05, 0.1) is 11.4 Å². The second kappa shape index (κ2) is 5.75. The van der Waals surface area contributed by atoms with Crippen molar-refractivity contribution in [1.82, 2.24) is 4.90 Å². The largest absolute Gasteiger partial charge is 0.401 e. The lowest BCUT2D eigenvalue weighted by Crippen LogP contribution is -2.47. The van der Waals surface area contributed by atoms with Gasteiger partial charge in [0.25, 0.3) is 0 Å². The lowest BCUT2D eigenvalue weighted by molar-refractivity contribution is 0.277. The number of benzene rings is 1. The molecule has 1 aliphatic carbocycles. The SMILES string of the molecule is CNc1ccccc1N1CCN(CC(N)=C2CC2)CC1. The number of hydrogen-bond donors (Lipinski definition) is 2. The number of para-hydroxylation sites is 2. The van der Waals surface area contributed by atoms with E-state index in [1.54, 1.807) is 0 Å². The van der Waals surface area contributed by atoms with Crippen LogP contribution in [0.25, 0.3) is 0 Å². The first-order valence-electron chi connectivity index (χ1n) is 7.48. The van der Waals surface area contributed by atoms with Crippen LogP contribution in [-0.2, 0) is 0 Å². The third-order valence-corrected chi connectivity index (χ3v) is 4.23. The van der Waals surface area contributed by atoms with Crippen molar-refractivity contribution >= 4 is 11.4 Å². The molecule has 4 heteroatoms. The highest BCUT2D eigenvalue weighted by molar-refractivity contribution is 5.69. The van der Waals surface area contributed by atoms with Gasteiger partial charge < -0.3 is 16.0 Å². The monoisotopic (exact) mass is 272 g/mol. The van der Waals surface area contributed by atoms with Crippen LogP contribution < -0.4 is 16.0 Å². The summed E-state index contributed by atoms with van der Waals surface area (Å²) in [4.78, 5) is 4.93. The smallest absolute Gasteiger partial charge is 0.0602 e. The summed E-state index contributed by atoms with van der Waals surface area (Å²) in [5, 5.41) is 3.28. The molecule has 1 heterocycles. The number of nitrogens with two attached hydrogens (primary N) is 1. The lowest BCUT2D eigenvalue weighted by atomic mass is 10.2. The van der Waals surface area contributed by atoms with E-state index in [9.17, 15) is 0 Å². The molecule has 0 unspecified atom stereocenters. The van der Waals surface area contributed by atoms with Gasteiger partial charge in [0.1, 0.15) is 0 Å². The van der Waals surface area contributed by atoms with Crippen LogP contribution in [0, 0.1) is 0 Å². The second-order valence-electron chi connectivity index (χ2n) is 5.66. The fourth-order valence-electron chi connectivity index (χ4n) is 2.84. The molecule has 0 amide bonds. The molecule has 0 atom stereocenters. The zero-order valence-electron chi connectivity index (χ0n) is 12.2. The third kappa shape index (κ3) is 2.90. The molecule has 0 bridgehead atoms. The summed E-state index contributed by atoms with van der Waals surface area (Å²) in [5.41, 5.74) is 11.2. The number of nitrogens with one attached hydrogen (secondary N) is 1. The highest BCUT2D eigenvalue weighted by Crippen LogP contribution is 2.30. The van der Waals surface area contributed by atoms with Gasteiger partial charge in [-0.15, -0.1) is 0 Å². The van der Waals surface area contributed by atoms with E-state index in [-0.39, 0.29) is 0 Å². The summed E-state index contributed by atoms with van der Waals surface area (Å²) in [6, 6.07) is 8.52. The summed E-state index contributed by atoms with van der Waals surface area (Å²) >= 11 is 0. The molecule has 3 rings (SSSR count). The van der Waals surface area contributed by atoms with E-state index < -0.39 is 0 Å². The van der Waals surface area contributed by atoms with Crippen LogP contribution in [0.1, 0.15) is 12.8 Å². The number of allylic oxidation sites excluding steroid dienone is 1. The average Bonchev–Trinajstić information content (AvgIpc) is 3.33. The minimum Gasteiger partial charge on any atom is -0.401 e. The standard InChI is InChI=1S/C16H24N4/c1-18-15-4-2-3-5-16(15)20-10-8-19(9-11-20)12-14(17)13-6-7-13/h2-5,18H,6-12,17H2,1H3. The van der Waals surface area contributed by atoms with E-state index in [4.69, 9.17) is 5.73 Å². The molecule has 3 N–H and O–H groups in total. The minimum absolute atomic E-state index is 0.955. The first kappa shape index (κ1) is 13.3. The Morgan fingerprint density at radius 3 is 2.50 bits per heavy atom. The molecule has 1 aromatic carbocycles. The zero-order valence-corrected chi connectivity index (χ0v) is 12.2. The molecule has 1 aromatic rings. The maximum atomic E-state index is 6.12. The van der Waals surface area contributed by atoms with Crippen LogP contribution in [0.5, 0.6) is 0 Å². The Labute approximate surface area is 121 Å². The maximum absolute atomic E-state index is 6.12. The molecule has 4 nitrogen and oxygen atoms in total. The van der Waals surface area contributed by atoms with Crippen molar-refractivity contribution in [3.63, 3.8) is 0 Å². The number of hydrogen-bond acceptors (Lipinski definition) is 4. The summed E-state index contributed by atoms with van der Waals surface area (Å²) in [5.74, 6) is 0. The van der Waals surface area contributed by atoms with Crippen LogP contribution in [-0.4, -0.2) is 44.7 Å². The van der Waals surface area contributed by atoms with E-state index in [0.29, 0.717) is 0 Å². The van der Waals surface area contributed by atoms with Crippen LogP contribution in [0.15, 0.2) is 35.5 Å². The van der Waals surface area contributed by atoms with E-state index in [0.717, 1.165) is 38.4 Å². The van der Waals surface area contributed by atoms with E-state index in [1.807, 2.05) is 7.05 Å². The Morgan fingerprint density at radius 1 is 1.15 bits per heavy atom. The van der Waals surface area contributed by atoms with Gasteiger partial charge in [0.15, 0.2) is 0 Å². The Kier molecular flexibility index (Phi) is 3.83. The average molecular weight is 272 g/mol. The zero-order chi connectivity index (χ0) is 13.9. The van der Waals surface area contributed by atoms with E-state index in [1.165, 1.54) is 29.8 Å². The van der Waals surface area contributed by atoms with Gasteiger partial charge in [-0.2, -0.15) is 0 Å². The fourth-order valence-corrected chi connectivity index (χ4v) is 2.84. The highest BCUT2D eigenvalue weighted by Gasteiger charge is 2.21. The van der Waals surface area contributed by atoms with Gasteiger partial charge in [-0.3, -0.25) is 4.90 Å². The normalized spacial score (nSPS) is 19.1. The molecule has 1 aliphatic heterocycles. The van der Waals surface area contributed by atoms with Crippen molar-refractivity contribution in [2.45, 2.75) is 12.8 Å². The fraction of sp³-hybridized carbons (Fsp3) is 0.500. The van der Waals surface area contributed by atoms with Crippen molar-refractivity contribution < 1.29 is 0 Å². The van der Waals surface area contributed by atoms with Crippen LogP contribution in [0.3, 0.4) is 0 Å². The molecular weight excluding hydrogens is 248 g/mol. The Hall–Kier alpha value is -1.68. The van der Waals surface area contributed by atoms with Gasteiger partial charge in [0, 0.05) is 45.5 Å². The molecule has 1 saturated carbocycles. The quantitative estimate of drug-likeness (QED) is 0.878. The highest BCUT2D eigenvalue weighted by atomic mass is 15.3. The topological polar surface area (TPSA) is 44.5 Å². The van der Waals surface area contributed by atoms with Crippen LogP contribution >= 0.6 is 0 Å². The molecule has 0 radical (unpaired) electrons. The Bertz CT molecular complexity index is 495. The van der Waals surface area contributed by atoms with Crippen molar-refractivity contribution in [2.24, 2.45) is 5.73 Å². The molecule has 2 aliphatic rings. The molecular formula is C16H24N4. The number of rotatable bonds is 4. The van der Waals surface area contributed by atoms with Crippen molar-refractivity contribution in [3.8, 4) is 0 Å². The van der Waals surface area contributed by atoms with E-state index >= 15 is 0 Å². The first-order chi connectivity index (χ1) is 9.78. The van der Waals surface area contributed by atoms with E-state index in [2.05, 4.69) is 39.4 Å². The second-order valence-corrected chi connectivity index (χ2v) is 5.66. The van der Waals surface area contributed by atoms with Crippen LogP contribution in [0.4, 0.5) is 11.4 Å². The molecule has 20 heavy (non-hydrogen) atoms. The summed E-state index contributed by atoms with van der Waals surface area (Å²) in [6.07, 6.45) is 2.45. The predicted octanol–water partition coefficient (Wildman–Crippen LogP) is 1.86. The van der Waals surface area contributed by atoms with Crippen molar-refractivity contribution in [3.05, 3.63) is 35.5 Å². The minimum atomic E-state index is 0.955. The van der Waals surface area contributed by atoms with Crippen LogP contribution in [0.2, 0.25) is 0 Å². The van der Waals surface area contributed by atoms with Crippen molar-refractivity contribution in [2.75, 3.05) is 50.0 Å². The lowest BCUT2D eigenvalue weighted by Gasteiger charge is -2.37. The molecule has 0 spiro atoms. The van der Waals surface area contributed by atoms with Crippen molar-refractivity contribution in [1.29, 1.82) is 0 Å². The third-order valence-electron chi connectivity index (χ3n) is 4.23. The number of nitrogens with zero attached hydrogens (tertiary/aromatic N) is 2. The molecule has 0 aromatic heterocycles.